The Balaban J connectivity index is 2.53. The molecule has 0 amide bonds. The van der Waals surface area contributed by atoms with Gasteiger partial charge in [-0.05, 0) is 18.9 Å². The molecular formula is C10H10Cl2O2. The van der Waals surface area contributed by atoms with Crippen LogP contribution in [0.2, 0.25) is 10.0 Å². The van der Waals surface area contributed by atoms with Gasteiger partial charge in [0.25, 0.3) is 0 Å². The minimum atomic E-state index is -0.498. The molecule has 1 aromatic rings. The highest BCUT2D eigenvalue weighted by Gasteiger charge is 2.21. The van der Waals surface area contributed by atoms with Crippen molar-refractivity contribution >= 4 is 23.2 Å². The summed E-state index contributed by atoms with van der Waals surface area (Å²) in [5, 5.41) is 10.6. The van der Waals surface area contributed by atoms with E-state index in [1.54, 1.807) is 12.1 Å². The maximum Gasteiger partial charge on any atom is 0.145 e. The number of aliphatic hydroxyl groups excluding tert-OH is 1. The number of aliphatic hydroxyl groups is 1. The van der Waals surface area contributed by atoms with Crippen molar-refractivity contribution in [2.75, 3.05) is 6.61 Å². The predicted octanol–water partition coefficient (Wildman–Crippen LogP) is 3.20. The molecule has 4 heteroatoms. The van der Waals surface area contributed by atoms with Crippen molar-refractivity contribution in [1.82, 2.24) is 0 Å². The van der Waals surface area contributed by atoms with Crippen LogP contribution < -0.4 is 4.74 Å². The van der Waals surface area contributed by atoms with Crippen LogP contribution in [0.4, 0.5) is 0 Å². The number of fused-ring (bicyclic) bond motifs is 1. The van der Waals surface area contributed by atoms with Crippen molar-refractivity contribution < 1.29 is 9.84 Å². The van der Waals surface area contributed by atoms with Gasteiger partial charge in [0.15, 0.2) is 0 Å². The number of hydrogen-bond donors (Lipinski definition) is 1. The Labute approximate surface area is 92.4 Å². The highest BCUT2D eigenvalue weighted by molar-refractivity contribution is 6.43. The van der Waals surface area contributed by atoms with Gasteiger partial charge in [-0.15, -0.1) is 0 Å². The maximum absolute atomic E-state index is 9.77. The van der Waals surface area contributed by atoms with E-state index in [4.69, 9.17) is 27.9 Å². The van der Waals surface area contributed by atoms with Crippen LogP contribution in [0, 0.1) is 0 Å². The molecule has 0 bridgehead atoms. The van der Waals surface area contributed by atoms with E-state index >= 15 is 0 Å². The van der Waals surface area contributed by atoms with Gasteiger partial charge in [0, 0.05) is 5.56 Å². The van der Waals surface area contributed by atoms with Gasteiger partial charge in [-0.2, -0.15) is 0 Å². The quantitative estimate of drug-likeness (QED) is 0.745. The highest BCUT2D eigenvalue weighted by atomic mass is 35.5. The minimum absolute atomic E-state index is 0.394. The largest absolute Gasteiger partial charge is 0.492 e. The molecule has 1 heterocycles. The molecule has 0 unspecified atom stereocenters. The lowest BCUT2D eigenvalue weighted by Gasteiger charge is -2.12. The molecule has 0 fully saturated rings. The first-order chi connectivity index (χ1) is 6.70. The molecule has 1 aliphatic heterocycles. The molecule has 1 aromatic carbocycles. The second-order valence-corrected chi connectivity index (χ2v) is 4.07. The molecule has 0 spiro atoms. The molecule has 14 heavy (non-hydrogen) atoms. The molecule has 1 atom stereocenters. The number of rotatable bonds is 0. The summed E-state index contributed by atoms with van der Waals surface area (Å²) in [6, 6.07) is 3.44. The summed E-state index contributed by atoms with van der Waals surface area (Å²) in [6.07, 6.45) is 1.02. The van der Waals surface area contributed by atoms with Crippen molar-refractivity contribution in [2.45, 2.75) is 18.9 Å². The van der Waals surface area contributed by atoms with Gasteiger partial charge < -0.3 is 9.84 Å². The molecule has 1 aliphatic rings. The number of ether oxygens (including phenoxy) is 1. The van der Waals surface area contributed by atoms with Crippen molar-refractivity contribution in [2.24, 2.45) is 0 Å². The summed E-state index contributed by atoms with van der Waals surface area (Å²) in [4.78, 5) is 0. The zero-order valence-corrected chi connectivity index (χ0v) is 8.98. The Morgan fingerprint density at radius 3 is 2.93 bits per heavy atom. The van der Waals surface area contributed by atoms with E-state index in [2.05, 4.69) is 0 Å². The highest BCUT2D eigenvalue weighted by Crippen LogP contribution is 2.40. The predicted molar refractivity (Wildman–Crippen MR) is 56.2 cm³/mol. The fourth-order valence-corrected chi connectivity index (χ4v) is 1.94. The van der Waals surface area contributed by atoms with Gasteiger partial charge in [0.1, 0.15) is 10.8 Å². The van der Waals surface area contributed by atoms with E-state index < -0.39 is 6.10 Å². The Morgan fingerprint density at radius 1 is 1.36 bits per heavy atom. The van der Waals surface area contributed by atoms with Crippen LogP contribution in [-0.2, 0) is 0 Å². The third-order valence-corrected chi connectivity index (χ3v) is 3.09. The first-order valence-corrected chi connectivity index (χ1v) is 5.24. The number of halogens is 2. The fourth-order valence-electron chi connectivity index (χ4n) is 1.56. The Hall–Kier alpha value is -0.440. The van der Waals surface area contributed by atoms with Gasteiger partial charge in [0.2, 0.25) is 0 Å². The van der Waals surface area contributed by atoms with Crippen molar-refractivity contribution in [3.63, 3.8) is 0 Å². The van der Waals surface area contributed by atoms with E-state index in [1.807, 2.05) is 0 Å². The summed E-state index contributed by atoms with van der Waals surface area (Å²) in [5.41, 5.74) is 0.733. The topological polar surface area (TPSA) is 29.5 Å². The van der Waals surface area contributed by atoms with Crippen LogP contribution in [0.3, 0.4) is 0 Å². The van der Waals surface area contributed by atoms with E-state index in [9.17, 15) is 5.11 Å². The second-order valence-electron chi connectivity index (χ2n) is 3.29. The monoisotopic (exact) mass is 232 g/mol. The lowest BCUT2D eigenvalue weighted by atomic mass is 10.1. The minimum Gasteiger partial charge on any atom is -0.492 e. The van der Waals surface area contributed by atoms with Gasteiger partial charge in [-0.3, -0.25) is 0 Å². The molecular weight excluding hydrogens is 223 g/mol. The number of hydrogen-bond acceptors (Lipinski definition) is 2. The molecule has 2 nitrogen and oxygen atoms in total. The van der Waals surface area contributed by atoms with Gasteiger partial charge >= 0.3 is 0 Å². The van der Waals surface area contributed by atoms with Gasteiger partial charge in [0.05, 0.1) is 17.7 Å². The summed E-state index contributed by atoms with van der Waals surface area (Å²) < 4.78 is 5.45. The van der Waals surface area contributed by atoms with Crippen LogP contribution >= 0.6 is 23.2 Å². The summed E-state index contributed by atoms with van der Waals surface area (Å²) in [6.45, 7) is 0.574. The zero-order valence-electron chi connectivity index (χ0n) is 7.46. The lowest BCUT2D eigenvalue weighted by molar-refractivity contribution is 0.167. The average molecular weight is 233 g/mol. The Bertz CT molecular complexity index is 352. The summed E-state index contributed by atoms with van der Waals surface area (Å²) >= 11 is 11.8. The molecule has 0 saturated carbocycles. The average Bonchev–Trinajstić information content (AvgIpc) is 2.35. The molecule has 76 valence electrons. The van der Waals surface area contributed by atoms with Crippen molar-refractivity contribution in [3.05, 3.63) is 27.7 Å². The summed E-state index contributed by atoms with van der Waals surface area (Å²) in [5.74, 6) is 0.532. The molecule has 0 aromatic heterocycles. The van der Waals surface area contributed by atoms with Gasteiger partial charge in [-0.1, -0.05) is 29.3 Å². The molecule has 0 aliphatic carbocycles. The first kappa shape index (κ1) is 10.1. The SMILES string of the molecule is O[C@@H]1CCCOc2c1ccc(Cl)c2Cl. The molecule has 0 saturated heterocycles. The normalized spacial score (nSPS) is 20.9. The maximum atomic E-state index is 9.77. The fraction of sp³-hybridized carbons (Fsp3) is 0.400. The molecule has 2 rings (SSSR count). The molecule has 1 N–H and O–H groups in total. The zero-order chi connectivity index (χ0) is 10.1. The van der Waals surface area contributed by atoms with Crippen molar-refractivity contribution in [3.8, 4) is 5.75 Å². The van der Waals surface area contributed by atoms with Gasteiger partial charge in [-0.25, -0.2) is 0 Å². The third kappa shape index (κ3) is 1.70. The second kappa shape index (κ2) is 3.97. The third-order valence-electron chi connectivity index (χ3n) is 2.31. The smallest absolute Gasteiger partial charge is 0.145 e. The van der Waals surface area contributed by atoms with Crippen LogP contribution in [0.25, 0.3) is 0 Å². The van der Waals surface area contributed by atoms with Crippen LogP contribution in [-0.4, -0.2) is 11.7 Å². The van der Waals surface area contributed by atoms with Crippen LogP contribution in [0.15, 0.2) is 12.1 Å². The van der Waals surface area contributed by atoms with E-state index in [1.165, 1.54) is 0 Å². The van der Waals surface area contributed by atoms with E-state index in [-0.39, 0.29) is 0 Å². The van der Waals surface area contributed by atoms with E-state index in [0.29, 0.717) is 28.8 Å². The van der Waals surface area contributed by atoms with Crippen LogP contribution in [0.1, 0.15) is 24.5 Å². The first-order valence-electron chi connectivity index (χ1n) is 4.49. The Kier molecular flexibility index (Phi) is 2.86. The number of benzene rings is 1. The Morgan fingerprint density at radius 2 is 2.14 bits per heavy atom. The van der Waals surface area contributed by atoms with Crippen molar-refractivity contribution in [1.29, 1.82) is 0 Å². The standard InChI is InChI=1S/C10H10Cl2O2/c11-7-4-3-6-8(13)2-1-5-14-10(6)9(7)12/h3-4,8,13H,1-2,5H2/t8-/m1/s1. The van der Waals surface area contributed by atoms with Crippen LogP contribution in [0.5, 0.6) is 5.75 Å². The lowest BCUT2D eigenvalue weighted by Crippen LogP contribution is -1.97. The van der Waals surface area contributed by atoms with E-state index in [0.717, 1.165) is 12.0 Å². The summed E-state index contributed by atoms with van der Waals surface area (Å²) in [7, 11) is 0. The molecule has 0 radical (unpaired) electrons.